The van der Waals surface area contributed by atoms with E-state index in [1.807, 2.05) is 6.07 Å². The molecule has 1 aromatic carbocycles. The molecule has 0 radical (unpaired) electrons. The zero-order chi connectivity index (χ0) is 13.0. The first-order valence-corrected chi connectivity index (χ1v) is 5.39. The summed E-state index contributed by atoms with van der Waals surface area (Å²) in [6, 6.07) is 8.04. The number of nitrogens with one attached hydrogen (secondary N) is 1. The highest BCUT2D eigenvalue weighted by Crippen LogP contribution is 2.29. The summed E-state index contributed by atoms with van der Waals surface area (Å²) in [5.74, 6) is 0.147. The van der Waals surface area contributed by atoms with Gasteiger partial charge in [-0.3, -0.25) is 4.79 Å². The molecule has 0 fully saturated rings. The normalized spacial score (nSPS) is 10.1. The zero-order valence-corrected chi connectivity index (χ0v) is 9.84. The van der Waals surface area contributed by atoms with Crippen LogP contribution in [0.1, 0.15) is 5.69 Å². The molecule has 5 nitrogen and oxygen atoms in total. The van der Waals surface area contributed by atoms with E-state index >= 15 is 0 Å². The lowest BCUT2D eigenvalue weighted by Gasteiger charge is -2.06. The number of phenolic OH excluding ortho intramolecular Hbond substituents is 1. The summed E-state index contributed by atoms with van der Waals surface area (Å²) in [5, 5.41) is 9.54. The van der Waals surface area contributed by atoms with Gasteiger partial charge in [0.15, 0.2) is 11.5 Å². The van der Waals surface area contributed by atoms with Gasteiger partial charge in [0.1, 0.15) is 5.75 Å². The maximum atomic E-state index is 11.6. The van der Waals surface area contributed by atoms with Crippen LogP contribution in [0.4, 0.5) is 0 Å². The van der Waals surface area contributed by atoms with Crippen molar-refractivity contribution in [1.82, 2.24) is 4.98 Å². The summed E-state index contributed by atoms with van der Waals surface area (Å²) in [4.78, 5) is 14.5. The number of aromatic hydroxyl groups is 1. The molecule has 0 unspecified atom stereocenters. The average Bonchev–Trinajstić information content (AvgIpc) is 2.82. The van der Waals surface area contributed by atoms with Gasteiger partial charge < -0.3 is 19.6 Å². The van der Waals surface area contributed by atoms with E-state index in [9.17, 15) is 9.90 Å². The van der Waals surface area contributed by atoms with E-state index in [0.717, 1.165) is 5.69 Å². The lowest BCUT2D eigenvalue weighted by molar-refractivity contribution is -0.133. The zero-order valence-electron chi connectivity index (χ0n) is 9.84. The molecule has 2 rings (SSSR count). The Labute approximate surface area is 104 Å². The Morgan fingerprint density at radius 2 is 2.22 bits per heavy atom. The van der Waals surface area contributed by atoms with E-state index in [0.29, 0.717) is 5.75 Å². The highest BCUT2D eigenvalue weighted by molar-refractivity contribution is 5.74. The quantitative estimate of drug-likeness (QED) is 0.639. The van der Waals surface area contributed by atoms with Gasteiger partial charge >= 0.3 is 5.97 Å². The number of ether oxygens (including phenoxy) is 2. The van der Waals surface area contributed by atoms with Crippen LogP contribution in [-0.2, 0) is 11.2 Å². The Kier molecular flexibility index (Phi) is 3.52. The number of methoxy groups -OCH3 is 1. The molecule has 1 heterocycles. The van der Waals surface area contributed by atoms with Crippen LogP contribution in [0.2, 0.25) is 0 Å². The summed E-state index contributed by atoms with van der Waals surface area (Å²) in [7, 11) is 1.45. The molecule has 0 aliphatic carbocycles. The molecule has 18 heavy (non-hydrogen) atoms. The van der Waals surface area contributed by atoms with E-state index in [4.69, 9.17) is 9.47 Å². The third-order valence-electron chi connectivity index (χ3n) is 2.38. The minimum atomic E-state index is -0.401. The van der Waals surface area contributed by atoms with Crippen molar-refractivity contribution >= 4 is 5.97 Å². The van der Waals surface area contributed by atoms with E-state index in [1.165, 1.54) is 19.2 Å². The molecule has 2 N–H and O–H groups in total. The number of carbonyl (C=O) groups is 1. The number of hydrogen-bond donors (Lipinski definition) is 2. The Balaban J connectivity index is 2.01. The Morgan fingerprint density at radius 3 is 2.83 bits per heavy atom. The number of H-pyrrole nitrogens is 1. The molecule has 0 saturated heterocycles. The van der Waals surface area contributed by atoms with Gasteiger partial charge in [0.25, 0.3) is 0 Å². The fourth-order valence-electron chi connectivity index (χ4n) is 1.53. The topological polar surface area (TPSA) is 71.5 Å². The molecule has 0 atom stereocenters. The smallest absolute Gasteiger partial charge is 0.317 e. The summed E-state index contributed by atoms with van der Waals surface area (Å²) < 4.78 is 9.99. The Morgan fingerprint density at radius 1 is 1.39 bits per heavy atom. The van der Waals surface area contributed by atoms with Crippen molar-refractivity contribution in [2.45, 2.75) is 6.42 Å². The number of rotatable bonds is 4. The molecule has 0 spiro atoms. The van der Waals surface area contributed by atoms with Gasteiger partial charge in [0, 0.05) is 18.0 Å². The van der Waals surface area contributed by atoms with Crippen molar-refractivity contribution in [2.24, 2.45) is 0 Å². The van der Waals surface area contributed by atoms with Gasteiger partial charge in [-0.25, -0.2) is 0 Å². The van der Waals surface area contributed by atoms with Gasteiger partial charge in [0.2, 0.25) is 0 Å². The van der Waals surface area contributed by atoms with Crippen LogP contribution in [0.25, 0.3) is 0 Å². The molecule has 0 aliphatic heterocycles. The third-order valence-corrected chi connectivity index (χ3v) is 2.38. The average molecular weight is 247 g/mol. The number of esters is 1. The SMILES string of the molecule is COc1ccc(OC(=O)Cc2ccc[nH]2)cc1O. The van der Waals surface area contributed by atoms with Gasteiger partial charge in [-0.05, 0) is 24.3 Å². The van der Waals surface area contributed by atoms with Crippen molar-refractivity contribution in [1.29, 1.82) is 0 Å². The second kappa shape index (κ2) is 5.27. The van der Waals surface area contributed by atoms with Crippen LogP contribution >= 0.6 is 0 Å². The number of benzene rings is 1. The van der Waals surface area contributed by atoms with Crippen LogP contribution in [0.5, 0.6) is 17.2 Å². The largest absolute Gasteiger partial charge is 0.504 e. The molecule has 5 heteroatoms. The summed E-state index contributed by atoms with van der Waals surface area (Å²) in [5.41, 5.74) is 0.776. The fourth-order valence-corrected chi connectivity index (χ4v) is 1.53. The molecular formula is C13H13NO4. The maximum Gasteiger partial charge on any atom is 0.317 e. The van der Waals surface area contributed by atoms with Crippen LogP contribution in [0.3, 0.4) is 0 Å². The highest BCUT2D eigenvalue weighted by Gasteiger charge is 2.09. The molecular weight excluding hydrogens is 234 g/mol. The van der Waals surface area contributed by atoms with Gasteiger partial charge in [-0.15, -0.1) is 0 Å². The predicted octanol–water partition coefficient (Wildman–Crippen LogP) is 1.88. The summed E-state index contributed by atoms with van der Waals surface area (Å²) in [6.45, 7) is 0. The lowest BCUT2D eigenvalue weighted by atomic mass is 10.3. The van der Waals surface area contributed by atoms with E-state index in [2.05, 4.69) is 4.98 Å². The first-order valence-electron chi connectivity index (χ1n) is 5.39. The van der Waals surface area contributed by atoms with Crippen molar-refractivity contribution in [3.8, 4) is 17.2 Å². The minimum absolute atomic E-state index is 0.0670. The van der Waals surface area contributed by atoms with E-state index in [1.54, 1.807) is 18.3 Å². The second-order valence-corrected chi connectivity index (χ2v) is 3.68. The summed E-state index contributed by atoms with van der Waals surface area (Å²) >= 11 is 0. The van der Waals surface area contributed by atoms with Crippen LogP contribution < -0.4 is 9.47 Å². The number of phenols is 1. The number of aromatic amines is 1. The van der Waals surface area contributed by atoms with E-state index in [-0.39, 0.29) is 17.9 Å². The van der Waals surface area contributed by atoms with Crippen LogP contribution in [-0.4, -0.2) is 23.2 Å². The van der Waals surface area contributed by atoms with Crippen molar-refractivity contribution < 1.29 is 19.4 Å². The summed E-state index contributed by atoms with van der Waals surface area (Å²) in [6.07, 6.45) is 1.89. The minimum Gasteiger partial charge on any atom is -0.504 e. The molecule has 0 aliphatic rings. The lowest BCUT2D eigenvalue weighted by Crippen LogP contribution is -2.11. The van der Waals surface area contributed by atoms with Crippen molar-refractivity contribution in [2.75, 3.05) is 7.11 Å². The number of aromatic nitrogens is 1. The Hall–Kier alpha value is -2.43. The van der Waals surface area contributed by atoms with Gasteiger partial charge in [-0.1, -0.05) is 0 Å². The molecule has 0 amide bonds. The van der Waals surface area contributed by atoms with Crippen molar-refractivity contribution in [3.63, 3.8) is 0 Å². The standard InChI is InChI=1S/C13H13NO4/c1-17-12-5-4-10(8-11(12)15)18-13(16)7-9-3-2-6-14-9/h2-6,8,14-15H,7H2,1H3. The van der Waals surface area contributed by atoms with Gasteiger partial charge in [0.05, 0.1) is 13.5 Å². The predicted molar refractivity (Wildman–Crippen MR) is 64.8 cm³/mol. The third kappa shape index (κ3) is 2.82. The van der Waals surface area contributed by atoms with Crippen LogP contribution in [0.15, 0.2) is 36.5 Å². The first kappa shape index (κ1) is 12.0. The molecule has 94 valence electrons. The molecule has 2 aromatic rings. The molecule has 0 saturated carbocycles. The monoisotopic (exact) mass is 247 g/mol. The highest BCUT2D eigenvalue weighted by atomic mass is 16.5. The van der Waals surface area contributed by atoms with E-state index < -0.39 is 5.97 Å². The first-order chi connectivity index (χ1) is 8.69. The number of hydrogen-bond acceptors (Lipinski definition) is 4. The van der Waals surface area contributed by atoms with Crippen LogP contribution in [0, 0.1) is 0 Å². The Bertz CT molecular complexity index is 534. The molecule has 1 aromatic heterocycles. The van der Waals surface area contributed by atoms with Crippen molar-refractivity contribution in [3.05, 3.63) is 42.2 Å². The number of carbonyl (C=O) groups excluding carboxylic acids is 1. The fraction of sp³-hybridized carbons (Fsp3) is 0.154. The maximum absolute atomic E-state index is 11.6. The molecule has 0 bridgehead atoms. The van der Waals surface area contributed by atoms with Gasteiger partial charge in [-0.2, -0.15) is 0 Å². The second-order valence-electron chi connectivity index (χ2n) is 3.68.